The number of fused-ring (bicyclic) bond motifs is 1. The molecule has 0 aliphatic carbocycles. The van der Waals surface area contributed by atoms with Crippen LogP contribution < -0.4 is 5.73 Å². The van der Waals surface area contributed by atoms with Gasteiger partial charge in [-0.25, -0.2) is 9.37 Å². The van der Waals surface area contributed by atoms with E-state index in [1.165, 1.54) is 6.07 Å². The fourth-order valence-corrected chi connectivity index (χ4v) is 3.06. The van der Waals surface area contributed by atoms with Gasteiger partial charge in [0.15, 0.2) is 0 Å². The number of benzene rings is 1. The summed E-state index contributed by atoms with van der Waals surface area (Å²) in [6.45, 7) is 9.58. The fourth-order valence-electron chi connectivity index (χ4n) is 2.73. The molecule has 1 heterocycles. The Morgan fingerprint density at radius 3 is 2.40 bits per heavy atom. The Morgan fingerprint density at radius 2 is 1.85 bits per heavy atom. The van der Waals surface area contributed by atoms with Gasteiger partial charge in [-0.2, -0.15) is 0 Å². The number of aromatic nitrogens is 2. The number of halogens is 2. The van der Waals surface area contributed by atoms with Crippen LogP contribution in [0.5, 0.6) is 0 Å². The molecule has 5 heteroatoms. The summed E-state index contributed by atoms with van der Waals surface area (Å²) in [7, 11) is 0. The maximum Gasteiger partial charge on any atom is 0.201 e. The van der Waals surface area contributed by atoms with E-state index in [2.05, 4.69) is 48.6 Å². The van der Waals surface area contributed by atoms with Crippen LogP contribution in [0.1, 0.15) is 27.7 Å². The summed E-state index contributed by atoms with van der Waals surface area (Å²) in [5.74, 6) is 1.70. The van der Waals surface area contributed by atoms with Crippen LogP contribution in [0.3, 0.4) is 0 Å². The predicted octanol–water partition coefficient (Wildman–Crippen LogP) is 4.45. The maximum absolute atomic E-state index is 13.8. The summed E-state index contributed by atoms with van der Waals surface area (Å²) < 4.78 is 16.1. The van der Waals surface area contributed by atoms with Crippen molar-refractivity contribution in [2.75, 3.05) is 5.73 Å². The molecule has 0 fully saturated rings. The van der Waals surface area contributed by atoms with Gasteiger partial charge in [0.25, 0.3) is 0 Å². The van der Waals surface area contributed by atoms with Gasteiger partial charge in [0.2, 0.25) is 5.95 Å². The van der Waals surface area contributed by atoms with Crippen LogP contribution in [-0.2, 0) is 6.54 Å². The first-order chi connectivity index (χ1) is 9.31. The number of anilines is 1. The third kappa shape index (κ3) is 2.82. The molecule has 110 valence electrons. The molecule has 0 aliphatic rings. The van der Waals surface area contributed by atoms with E-state index in [-0.39, 0.29) is 5.82 Å². The molecule has 1 aromatic carbocycles. The predicted molar refractivity (Wildman–Crippen MR) is 85.0 cm³/mol. The second kappa shape index (κ2) is 5.72. The highest BCUT2D eigenvalue weighted by Gasteiger charge is 2.21. The molecule has 0 saturated carbocycles. The van der Waals surface area contributed by atoms with Crippen molar-refractivity contribution in [3.63, 3.8) is 0 Å². The van der Waals surface area contributed by atoms with Crippen LogP contribution in [-0.4, -0.2) is 9.55 Å². The van der Waals surface area contributed by atoms with E-state index >= 15 is 0 Å². The quantitative estimate of drug-likeness (QED) is 0.892. The third-order valence-electron chi connectivity index (χ3n) is 3.93. The molecule has 2 N–H and O–H groups in total. The van der Waals surface area contributed by atoms with Crippen LogP contribution >= 0.6 is 15.9 Å². The fraction of sp³-hybridized carbons (Fsp3) is 0.533. The second-order valence-corrected chi connectivity index (χ2v) is 6.84. The lowest BCUT2D eigenvalue weighted by molar-refractivity contribution is 0.255. The Hall–Kier alpha value is -1.10. The molecule has 0 unspecified atom stereocenters. The molecule has 0 aliphatic heterocycles. The highest BCUT2D eigenvalue weighted by Crippen LogP contribution is 2.29. The molecular weight excluding hydrogens is 321 g/mol. The minimum absolute atomic E-state index is 0.288. The SMILES string of the molecule is CC(C)C(Cn1c(N)nc2cc(Br)c(F)cc21)C(C)C. The largest absolute Gasteiger partial charge is 0.369 e. The normalized spacial score (nSPS) is 12.2. The monoisotopic (exact) mass is 341 g/mol. The van der Waals surface area contributed by atoms with Crippen molar-refractivity contribution >= 4 is 32.9 Å². The van der Waals surface area contributed by atoms with Crippen LogP contribution in [0.2, 0.25) is 0 Å². The van der Waals surface area contributed by atoms with Crippen molar-refractivity contribution in [3.8, 4) is 0 Å². The van der Waals surface area contributed by atoms with Gasteiger partial charge < -0.3 is 10.3 Å². The molecular formula is C15H21BrFN3. The van der Waals surface area contributed by atoms with Crippen LogP contribution in [0.4, 0.5) is 10.3 Å². The number of rotatable bonds is 4. The summed E-state index contributed by atoms with van der Waals surface area (Å²) >= 11 is 3.18. The van der Waals surface area contributed by atoms with Crippen molar-refractivity contribution in [3.05, 3.63) is 22.4 Å². The van der Waals surface area contributed by atoms with Gasteiger partial charge in [0.05, 0.1) is 15.5 Å². The minimum Gasteiger partial charge on any atom is -0.369 e. The lowest BCUT2D eigenvalue weighted by Crippen LogP contribution is -2.22. The van der Waals surface area contributed by atoms with Crippen LogP contribution in [0.15, 0.2) is 16.6 Å². The zero-order chi connectivity index (χ0) is 15.0. The summed E-state index contributed by atoms with van der Waals surface area (Å²) in [6.07, 6.45) is 0. The minimum atomic E-state index is -0.288. The van der Waals surface area contributed by atoms with E-state index in [0.29, 0.717) is 28.2 Å². The first kappa shape index (κ1) is 15.3. The lowest BCUT2D eigenvalue weighted by atomic mass is 9.85. The molecule has 3 nitrogen and oxygen atoms in total. The molecule has 0 amide bonds. The zero-order valence-corrected chi connectivity index (χ0v) is 13.9. The molecule has 2 aromatic rings. The number of imidazole rings is 1. The Balaban J connectivity index is 2.48. The average Bonchev–Trinajstić information content (AvgIpc) is 2.61. The van der Waals surface area contributed by atoms with E-state index in [4.69, 9.17) is 5.73 Å². The molecule has 0 atom stereocenters. The number of nitrogens with two attached hydrogens (primary N) is 1. The highest BCUT2D eigenvalue weighted by molar-refractivity contribution is 9.10. The number of nitrogens with zero attached hydrogens (tertiary/aromatic N) is 2. The average molecular weight is 342 g/mol. The summed E-state index contributed by atoms with van der Waals surface area (Å²) in [4.78, 5) is 4.33. The first-order valence-corrected chi connectivity index (χ1v) is 7.71. The van der Waals surface area contributed by atoms with E-state index in [1.54, 1.807) is 6.07 Å². The van der Waals surface area contributed by atoms with E-state index in [1.807, 2.05) is 4.57 Å². The van der Waals surface area contributed by atoms with E-state index in [0.717, 1.165) is 17.6 Å². The number of hydrogen-bond donors (Lipinski definition) is 1. The zero-order valence-electron chi connectivity index (χ0n) is 12.3. The van der Waals surface area contributed by atoms with Gasteiger partial charge in [-0.3, -0.25) is 0 Å². The third-order valence-corrected chi connectivity index (χ3v) is 4.53. The van der Waals surface area contributed by atoms with Crippen molar-refractivity contribution in [2.24, 2.45) is 17.8 Å². The smallest absolute Gasteiger partial charge is 0.201 e. The van der Waals surface area contributed by atoms with E-state index < -0.39 is 0 Å². The molecule has 20 heavy (non-hydrogen) atoms. The summed E-state index contributed by atoms with van der Waals surface area (Å²) in [6, 6.07) is 3.18. The van der Waals surface area contributed by atoms with Crippen molar-refractivity contribution < 1.29 is 4.39 Å². The van der Waals surface area contributed by atoms with Crippen molar-refractivity contribution in [1.29, 1.82) is 0 Å². The standard InChI is InChI=1S/C15H21BrFN3/c1-8(2)10(9(3)4)7-20-14-6-12(17)11(16)5-13(14)19-15(20)18/h5-6,8-10H,7H2,1-4H3,(H2,18,19). The van der Waals surface area contributed by atoms with Gasteiger partial charge >= 0.3 is 0 Å². The van der Waals surface area contributed by atoms with Gasteiger partial charge in [0, 0.05) is 12.6 Å². The Kier molecular flexibility index (Phi) is 4.37. The topological polar surface area (TPSA) is 43.8 Å². The molecule has 0 spiro atoms. The Morgan fingerprint density at radius 1 is 1.25 bits per heavy atom. The highest BCUT2D eigenvalue weighted by atomic mass is 79.9. The van der Waals surface area contributed by atoms with Gasteiger partial charge in [-0.05, 0) is 39.8 Å². The molecule has 0 saturated heterocycles. The summed E-state index contributed by atoms with van der Waals surface area (Å²) in [5.41, 5.74) is 7.50. The van der Waals surface area contributed by atoms with Crippen LogP contribution in [0.25, 0.3) is 11.0 Å². The Bertz CT molecular complexity index is 611. The second-order valence-electron chi connectivity index (χ2n) is 5.99. The summed E-state index contributed by atoms with van der Waals surface area (Å²) in [5, 5.41) is 0. The van der Waals surface area contributed by atoms with Gasteiger partial charge in [0.1, 0.15) is 5.82 Å². The number of nitrogen functional groups attached to an aromatic ring is 1. The maximum atomic E-state index is 13.8. The van der Waals surface area contributed by atoms with Crippen molar-refractivity contribution in [1.82, 2.24) is 9.55 Å². The molecule has 1 aromatic heterocycles. The van der Waals surface area contributed by atoms with Gasteiger partial charge in [-0.1, -0.05) is 27.7 Å². The number of hydrogen-bond acceptors (Lipinski definition) is 2. The molecule has 2 rings (SSSR count). The van der Waals surface area contributed by atoms with E-state index in [9.17, 15) is 4.39 Å². The van der Waals surface area contributed by atoms with Gasteiger partial charge in [-0.15, -0.1) is 0 Å². The molecule has 0 radical (unpaired) electrons. The lowest BCUT2D eigenvalue weighted by Gasteiger charge is -2.26. The Labute approximate surface area is 127 Å². The molecule has 0 bridgehead atoms. The van der Waals surface area contributed by atoms with Crippen LogP contribution in [0, 0.1) is 23.6 Å². The van der Waals surface area contributed by atoms with Crippen molar-refractivity contribution in [2.45, 2.75) is 34.2 Å². The first-order valence-electron chi connectivity index (χ1n) is 6.92.